The summed E-state index contributed by atoms with van der Waals surface area (Å²) in [6, 6.07) is 15.9. The second-order valence-electron chi connectivity index (χ2n) is 5.12. The quantitative estimate of drug-likeness (QED) is 0.717. The molecule has 2 atom stereocenters. The van der Waals surface area contributed by atoms with Crippen molar-refractivity contribution in [3.05, 3.63) is 70.8 Å². The molecule has 2 aromatic rings. The molecular formula is C17H16O2. The Bertz CT molecular complexity index is 616. The average Bonchev–Trinajstić information content (AvgIpc) is 2.43. The van der Waals surface area contributed by atoms with Gasteiger partial charge in [0.05, 0.1) is 5.56 Å². The number of fused-ring (bicyclic) bond motifs is 1. The lowest BCUT2D eigenvalue weighted by Crippen LogP contribution is -2.25. The van der Waals surface area contributed by atoms with E-state index in [9.17, 15) is 4.79 Å². The van der Waals surface area contributed by atoms with Crippen LogP contribution in [-0.2, 0) is 4.74 Å². The van der Waals surface area contributed by atoms with Crippen molar-refractivity contribution in [2.75, 3.05) is 0 Å². The Labute approximate surface area is 113 Å². The molecule has 0 saturated carbocycles. The SMILES string of the molecule is Cc1ccc2c(c1)C(=O)O[C@@H](c1ccccc1)[C@@H]2C. The lowest BCUT2D eigenvalue weighted by atomic mass is 9.85. The molecule has 0 amide bonds. The van der Waals surface area contributed by atoms with Crippen LogP contribution in [0.25, 0.3) is 0 Å². The molecule has 2 aromatic carbocycles. The van der Waals surface area contributed by atoms with Gasteiger partial charge < -0.3 is 4.74 Å². The second-order valence-corrected chi connectivity index (χ2v) is 5.12. The Kier molecular flexibility index (Phi) is 2.86. The van der Waals surface area contributed by atoms with E-state index in [0.717, 1.165) is 16.7 Å². The fraction of sp³-hybridized carbons (Fsp3) is 0.235. The largest absolute Gasteiger partial charge is 0.453 e. The Morgan fingerprint density at radius 1 is 1.05 bits per heavy atom. The topological polar surface area (TPSA) is 26.3 Å². The maximum absolute atomic E-state index is 12.1. The van der Waals surface area contributed by atoms with E-state index in [1.54, 1.807) is 0 Å². The zero-order chi connectivity index (χ0) is 13.4. The third-order valence-electron chi connectivity index (χ3n) is 3.74. The molecule has 0 radical (unpaired) electrons. The number of carbonyl (C=O) groups is 1. The molecule has 96 valence electrons. The first kappa shape index (κ1) is 12.0. The van der Waals surface area contributed by atoms with E-state index in [4.69, 9.17) is 4.74 Å². The molecule has 0 N–H and O–H groups in total. The van der Waals surface area contributed by atoms with Crippen molar-refractivity contribution in [3.8, 4) is 0 Å². The van der Waals surface area contributed by atoms with Crippen molar-refractivity contribution in [2.24, 2.45) is 0 Å². The minimum atomic E-state index is -0.217. The van der Waals surface area contributed by atoms with E-state index in [2.05, 4.69) is 13.0 Å². The number of carbonyl (C=O) groups excluding carboxylic acids is 1. The van der Waals surface area contributed by atoms with E-state index in [-0.39, 0.29) is 18.0 Å². The van der Waals surface area contributed by atoms with Gasteiger partial charge in [0.2, 0.25) is 0 Å². The fourth-order valence-electron chi connectivity index (χ4n) is 2.69. The van der Waals surface area contributed by atoms with Gasteiger partial charge in [-0.2, -0.15) is 0 Å². The normalized spacial score (nSPS) is 21.7. The first-order valence-electron chi connectivity index (χ1n) is 6.53. The van der Waals surface area contributed by atoms with E-state index >= 15 is 0 Å². The van der Waals surface area contributed by atoms with Crippen molar-refractivity contribution >= 4 is 5.97 Å². The summed E-state index contributed by atoms with van der Waals surface area (Å²) in [6.07, 6.45) is -0.191. The summed E-state index contributed by atoms with van der Waals surface area (Å²) in [7, 11) is 0. The molecule has 0 fully saturated rings. The van der Waals surface area contributed by atoms with Crippen LogP contribution in [0.1, 0.15) is 46.0 Å². The number of benzene rings is 2. The van der Waals surface area contributed by atoms with E-state index in [0.29, 0.717) is 5.56 Å². The van der Waals surface area contributed by atoms with Gasteiger partial charge in [0.15, 0.2) is 0 Å². The molecule has 0 aliphatic carbocycles. The summed E-state index contributed by atoms with van der Waals surface area (Å²) in [6.45, 7) is 4.10. The summed E-state index contributed by atoms with van der Waals surface area (Å²) in [5.41, 5.74) is 3.92. The van der Waals surface area contributed by atoms with Gasteiger partial charge in [0.25, 0.3) is 0 Å². The van der Waals surface area contributed by atoms with Crippen molar-refractivity contribution in [2.45, 2.75) is 25.9 Å². The van der Waals surface area contributed by atoms with Crippen LogP contribution in [0.15, 0.2) is 48.5 Å². The minimum absolute atomic E-state index is 0.177. The molecule has 2 heteroatoms. The van der Waals surface area contributed by atoms with Gasteiger partial charge in [-0.1, -0.05) is 55.0 Å². The van der Waals surface area contributed by atoms with Crippen LogP contribution in [0.2, 0.25) is 0 Å². The molecule has 19 heavy (non-hydrogen) atoms. The van der Waals surface area contributed by atoms with Crippen LogP contribution >= 0.6 is 0 Å². The molecule has 0 unspecified atom stereocenters. The van der Waals surface area contributed by atoms with Gasteiger partial charge in [0.1, 0.15) is 6.10 Å². The molecule has 1 aliphatic heterocycles. The van der Waals surface area contributed by atoms with Crippen LogP contribution in [0.5, 0.6) is 0 Å². The summed E-state index contributed by atoms with van der Waals surface area (Å²) in [4.78, 5) is 12.1. The van der Waals surface area contributed by atoms with Crippen molar-refractivity contribution in [1.82, 2.24) is 0 Å². The standard InChI is InChI=1S/C17H16O2/c1-11-8-9-14-12(2)16(13-6-4-3-5-7-13)19-17(18)15(14)10-11/h3-10,12,16H,1-2H3/t12-,16-/m1/s1. The van der Waals surface area contributed by atoms with Crippen LogP contribution < -0.4 is 0 Å². The summed E-state index contributed by atoms with van der Waals surface area (Å²) in [5.74, 6) is -0.0404. The van der Waals surface area contributed by atoms with Gasteiger partial charge in [-0.05, 0) is 24.1 Å². The van der Waals surface area contributed by atoms with Gasteiger partial charge >= 0.3 is 5.97 Å². The third-order valence-corrected chi connectivity index (χ3v) is 3.74. The maximum Gasteiger partial charge on any atom is 0.339 e. The molecule has 0 bridgehead atoms. The molecule has 3 rings (SSSR count). The predicted molar refractivity (Wildman–Crippen MR) is 74.2 cm³/mol. The van der Waals surface area contributed by atoms with Gasteiger partial charge in [-0.25, -0.2) is 4.79 Å². The van der Waals surface area contributed by atoms with Crippen LogP contribution in [-0.4, -0.2) is 5.97 Å². The molecule has 0 saturated heterocycles. The zero-order valence-corrected chi connectivity index (χ0v) is 11.1. The lowest BCUT2D eigenvalue weighted by molar-refractivity contribution is 0.0184. The first-order valence-corrected chi connectivity index (χ1v) is 6.53. The van der Waals surface area contributed by atoms with E-state index in [1.165, 1.54) is 0 Å². The average molecular weight is 252 g/mol. The van der Waals surface area contributed by atoms with Crippen molar-refractivity contribution in [3.63, 3.8) is 0 Å². The monoisotopic (exact) mass is 252 g/mol. The highest BCUT2D eigenvalue weighted by molar-refractivity contribution is 5.93. The van der Waals surface area contributed by atoms with Crippen LogP contribution in [0.3, 0.4) is 0 Å². The Balaban J connectivity index is 2.05. The lowest BCUT2D eigenvalue weighted by Gasteiger charge is -2.31. The second kappa shape index (κ2) is 4.54. The maximum atomic E-state index is 12.1. The molecule has 1 heterocycles. The Hall–Kier alpha value is -2.09. The predicted octanol–water partition coefficient (Wildman–Crippen LogP) is 4.01. The van der Waals surface area contributed by atoms with Crippen LogP contribution in [0, 0.1) is 6.92 Å². The number of cyclic esters (lactones) is 1. The van der Waals surface area contributed by atoms with Gasteiger partial charge in [-0.3, -0.25) is 0 Å². The number of aryl methyl sites for hydroxylation is 1. The number of hydrogen-bond donors (Lipinski definition) is 0. The summed E-state index contributed by atoms with van der Waals surface area (Å²) in [5, 5.41) is 0. The molecule has 1 aliphatic rings. The first-order chi connectivity index (χ1) is 9.16. The van der Waals surface area contributed by atoms with Gasteiger partial charge in [0, 0.05) is 5.92 Å². The van der Waals surface area contributed by atoms with Gasteiger partial charge in [-0.15, -0.1) is 0 Å². The Morgan fingerprint density at radius 2 is 1.79 bits per heavy atom. The number of esters is 1. The van der Waals surface area contributed by atoms with E-state index < -0.39 is 0 Å². The number of rotatable bonds is 1. The summed E-state index contributed by atoms with van der Waals surface area (Å²) >= 11 is 0. The molecular weight excluding hydrogens is 236 g/mol. The third kappa shape index (κ3) is 2.03. The zero-order valence-electron chi connectivity index (χ0n) is 11.1. The van der Waals surface area contributed by atoms with E-state index in [1.807, 2.05) is 49.4 Å². The molecule has 0 aromatic heterocycles. The highest BCUT2D eigenvalue weighted by atomic mass is 16.5. The molecule has 2 nitrogen and oxygen atoms in total. The van der Waals surface area contributed by atoms with Crippen molar-refractivity contribution in [1.29, 1.82) is 0 Å². The summed E-state index contributed by atoms with van der Waals surface area (Å²) < 4.78 is 5.63. The minimum Gasteiger partial charge on any atom is -0.453 e. The molecule has 0 spiro atoms. The number of ether oxygens (including phenoxy) is 1. The highest BCUT2D eigenvalue weighted by Crippen LogP contribution is 2.40. The Morgan fingerprint density at radius 3 is 2.53 bits per heavy atom. The number of hydrogen-bond acceptors (Lipinski definition) is 2. The van der Waals surface area contributed by atoms with Crippen LogP contribution in [0.4, 0.5) is 0 Å². The fourth-order valence-corrected chi connectivity index (χ4v) is 2.69. The highest BCUT2D eigenvalue weighted by Gasteiger charge is 2.33. The van der Waals surface area contributed by atoms with Crippen molar-refractivity contribution < 1.29 is 9.53 Å². The smallest absolute Gasteiger partial charge is 0.339 e.